The Bertz CT molecular complexity index is 1120. The molecule has 2 amide bonds. The topological polar surface area (TPSA) is 96.4 Å². The number of ether oxygens (including phenoxy) is 2. The molecule has 4 rings (SSSR count). The van der Waals surface area contributed by atoms with Crippen LogP contribution in [0.3, 0.4) is 0 Å². The first kappa shape index (κ1) is 29.3. The number of benzene rings is 1. The van der Waals surface area contributed by atoms with Crippen molar-refractivity contribution in [1.82, 2.24) is 4.90 Å². The SMILES string of the molecule is C=CCN(C(=O)C1N([C@@H](CO)[C@@H](C)CC)C(=O)[C@@H]2[C@@H](C(=O)OCC)[C@@]3(CC)CCC12O3)c1c(C)cccc1C. The maximum atomic E-state index is 14.9. The maximum Gasteiger partial charge on any atom is 0.312 e. The third kappa shape index (κ3) is 4.31. The molecule has 2 bridgehead atoms. The molecule has 1 aromatic carbocycles. The Hall–Kier alpha value is -2.71. The molecule has 1 aromatic rings. The minimum absolute atomic E-state index is 0.0732. The van der Waals surface area contributed by atoms with Gasteiger partial charge in [-0.2, -0.15) is 0 Å². The van der Waals surface area contributed by atoms with Crippen molar-refractivity contribution in [2.75, 3.05) is 24.7 Å². The van der Waals surface area contributed by atoms with Gasteiger partial charge in [0, 0.05) is 12.2 Å². The number of aliphatic hydroxyl groups is 1. The highest BCUT2D eigenvalue weighted by Crippen LogP contribution is 2.65. The van der Waals surface area contributed by atoms with E-state index in [1.54, 1.807) is 22.8 Å². The average molecular weight is 541 g/mol. The van der Waals surface area contributed by atoms with Crippen molar-refractivity contribution in [1.29, 1.82) is 0 Å². The molecule has 2 unspecified atom stereocenters. The second-order valence-electron chi connectivity index (χ2n) is 11.4. The number of carbonyl (C=O) groups excluding carboxylic acids is 3. The number of carbonyl (C=O) groups is 3. The van der Waals surface area contributed by atoms with Gasteiger partial charge in [-0.25, -0.2) is 0 Å². The molecule has 214 valence electrons. The van der Waals surface area contributed by atoms with Crippen LogP contribution >= 0.6 is 0 Å². The standard InChI is InChI=1S/C31H44N2O6/c1-8-17-32(25-20(6)13-12-14-21(25)7)28(36)26-31-16-15-30(10-3,39-31)24(29(37)38-11-4)23(31)27(35)33(26)22(18-34)19(5)9-2/h8,12-14,19,22-24,26,34H,1,9-11,15-18H2,2-7H3/t19-,22-,23-,24-,26?,30+,31?/m0/s1. The Morgan fingerprint density at radius 2 is 1.92 bits per heavy atom. The third-order valence-electron chi connectivity index (χ3n) is 9.53. The molecule has 8 heteroatoms. The third-order valence-corrected chi connectivity index (χ3v) is 9.53. The van der Waals surface area contributed by atoms with E-state index in [9.17, 15) is 19.5 Å². The molecule has 3 aliphatic heterocycles. The van der Waals surface area contributed by atoms with E-state index in [4.69, 9.17) is 9.47 Å². The van der Waals surface area contributed by atoms with E-state index >= 15 is 0 Å². The molecule has 0 saturated carbocycles. The summed E-state index contributed by atoms with van der Waals surface area (Å²) in [5, 5.41) is 10.6. The van der Waals surface area contributed by atoms with E-state index in [1.165, 1.54) is 0 Å². The van der Waals surface area contributed by atoms with Gasteiger partial charge in [0.1, 0.15) is 17.6 Å². The molecule has 3 heterocycles. The summed E-state index contributed by atoms with van der Waals surface area (Å²) in [4.78, 5) is 46.0. The summed E-state index contributed by atoms with van der Waals surface area (Å²) >= 11 is 0. The number of rotatable bonds is 11. The molecular weight excluding hydrogens is 496 g/mol. The average Bonchev–Trinajstić information content (AvgIpc) is 3.52. The van der Waals surface area contributed by atoms with Crippen molar-refractivity contribution in [3.05, 3.63) is 42.0 Å². The summed E-state index contributed by atoms with van der Waals surface area (Å²) in [6, 6.07) is 4.28. The number of hydrogen-bond acceptors (Lipinski definition) is 6. The number of anilines is 1. The van der Waals surface area contributed by atoms with Gasteiger partial charge < -0.3 is 24.4 Å². The van der Waals surface area contributed by atoms with Crippen molar-refractivity contribution < 1.29 is 29.0 Å². The number of amides is 2. The van der Waals surface area contributed by atoms with Crippen LogP contribution in [0.4, 0.5) is 5.69 Å². The minimum atomic E-state index is -1.18. The quantitative estimate of drug-likeness (QED) is 0.337. The highest BCUT2D eigenvalue weighted by Gasteiger charge is 2.79. The molecule has 3 fully saturated rings. The van der Waals surface area contributed by atoms with Crippen molar-refractivity contribution in [2.45, 2.75) is 90.5 Å². The smallest absolute Gasteiger partial charge is 0.312 e. The molecule has 8 nitrogen and oxygen atoms in total. The molecule has 3 aliphatic rings. The van der Waals surface area contributed by atoms with Crippen molar-refractivity contribution in [3.63, 3.8) is 0 Å². The lowest BCUT2D eigenvalue weighted by Crippen LogP contribution is -2.60. The zero-order valence-electron chi connectivity index (χ0n) is 24.2. The predicted octanol–water partition coefficient (Wildman–Crippen LogP) is 3.95. The van der Waals surface area contributed by atoms with Gasteiger partial charge in [0.05, 0.1) is 30.8 Å². The lowest BCUT2D eigenvalue weighted by Gasteiger charge is -2.41. The van der Waals surface area contributed by atoms with Crippen LogP contribution in [0.1, 0.15) is 64.5 Å². The Kier molecular flexibility index (Phi) is 8.29. The van der Waals surface area contributed by atoms with Gasteiger partial charge >= 0.3 is 5.97 Å². The Morgan fingerprint density at radius 3 is 2.46 bits per heavy atom. The summed E-state index contributed by atoms with van der Waals surface area (Å²) in [7, 11) is 0. The van der Waals surface area contributed by atoms with E-state index < -0.39 is 41.1 Å². The van der Waals surface area contributed by atoms with Gasteiger partial charge in [-0.05, 0) is 57.1 Å². The van der Waals surface area contributed by atoms with Crippen LogP contribution in [0.2, 0.25) is 0 Å². The second-order valence-corrected chi connectivity index (χ2v) is 11.4. The van der Waals surface area contributed by atoms with Crippen LogP contribution in [0.15, 0.2) is 30.9 Å². The molecule has 1 spiro atoms. The fourth-order valence-electron chi connectivity index (χ4n) is 7.50. The number of aryl methyl sites for hydroxylation is 2. The fraction of sp³-hybridized carbons (Fsp3) is 0.645. The number of esters is 1. The second kappa shape index (κ2) is 11.0. The van der Waals surface area contributed by atoms with Crippen LogP contribution in [0.25, 0.3) is 0 Å². The van der Waals surface area contributed by atoms with Crippen molar-refractivity contribution in [3.8, 4) is 0 Å². The van der Waals surface area contributed by atoms with Crippen molar-refractivity contribution >= 4 is 23.5 Å². The molecule has 1 N–H and O–H groups in total. The summed E-state index contributed by atoms with van der Waals surface area (Å²) in [6.45, 7) is 15.7. The van der Waals surface area contributed by atoms with Gasteiger partial charge in [0.15, 0.2) is 0 Å². The van der Waals surface area contributed by atoms with Gasteiger partial charge in [-0.15, -0.1) is 6.58 Å². The van der Waals surface area contributed by atoms with E-state index in [2.05, 4.69) is 6.58 Å². The first-order valence-electron chi connectivity index (χ1n) is 14.4. The zero-order valence-corrected chi connectivity index (χ0v) is 24.2. The van der Waals surface area contributed by atoms with E-state index in [1.807, 2.05) is 52.8 Å². The van der Waals surface area contributed by atoms with E-state index in [-0.39, 0.29) is 37.5 Å². The monoisotopic (exact) mass is 540 g/mol. The van der Waals surface area contributed by atoms with Crippen molar-refractivity contribution in [2.24, 2.45) is 17.8 Å². The Balaban J connectivity index is 1.92. The fourth-order valence-corrected chi connectivity index (χ4v) is 7.50. The first-order chi connectivity index (χ1) is 18.6. The maximum absolute atomic E-state index is 14.9. The van der Waals surface area contributed by atoms with Crippen LogP contribution < -0.4 is 4.90 Å². The molecular formula is C31H44N2O6. The van der Waals surface area contributed by atoms with Crippen LogP contribution in [-0.2, 0) is 23.9 Å². The van der Waals surface area contributed by atoms with E-state index in [0.29, 0.717) is 25.7 Å². The largest absolute Gasteiger partial charge is 0.466 e. The number of hydrogen-bond donors (Lipinski definition) is 1. The number of para-hydroxylation sites is 1. The molecule has 7 atom stereocenters. The zero-order chi connectivity index (χ0) is 28.7. The summed E-state index contributed by atoms with van der Waals surface area (Å²) < 4.78 is 12.3. The Morgan fingerprint density at radius 1 is 1.26 bits per heavy atom. The number of likely N-dealkylation sites (tertiary alicyclic amines) is 1. The highest BCUT2D eigenvalue weighted by molar-refractivity contribution is 6.05. The molecule has 0 aromatic heterocycles. The van der Waals surface area contributed by atoms with E-state index in [0.717, 1.165) is 16.8 Å². The lowest BCUT2D eigenvalue weighted by atomic mass is 9.65. The molecule has 0 aliphatic carbocycles. The normalized spacial score (nSPS) is 30.7. The molecule has 0 radical (unpaired) electrons. The first-order valence-corrected chi connectivity index (χ1v) is 14.4. The van der Waals surface area contributed by atoms with Gasteiger partial charge in [-0.3, -0.25) is 14.4 Å². The van der Waals surface area contributed by atoms with Crippen LogP contribution in [0.5, 0.6) is 0 Å². The van der Waals surface area contributed by atoms with Crippen LogP contribution in [-0.4, -0.2) is 70.8 Å². The number of fused-ring (bicyclic) bond motifs is 1. The summed E-state index contributed by atoms with van der Waals surface area (Å²) in [5.41, 5.74) is 0.602. The summed E-state index contributed by atoms with van der Waals surface area (Å²) in [6.07, 6.45) is 3.97. The number of aliphatic hydroxyl groups excluding tert-OH is 1. The predicted molar refractivity (Wildman–Crippen MR) is 149 cm³/mol. The molecule has 3 saturated heterocycles. The van der Waals surface area contributed by atoms with Gasteiger partial charge in [-0.1, -0.05) is 51.5 Å². The molecule has 39 heavy (non-hydrogen) atoms. The minimum Gasteiger partial charge on any atom is -0.466 e. The highest BCUT2D eigenvalue weighted by atomic mass is 16.6. The lowest BCUT2D eigenvalue weighted by molar-refractivity contribution is -0.162. The van der Waals surface area contributed by atoms with Gasteiger partial charge in [0.2, 0.25) is 5.91 Å². The Labute approximate surface area is 232 Å². The van der Waals surface area contributed by atoms with Crippen LogP contribution in [0, 0.1) is 31.6 Å². The summed E-state index contributed by atoms with van der Waals surface area (Å²) in [5.74, 6) is -2.75. The number of nitrogens with zero attached hydrogens (tertiary/aromatic N) is 2. The van der Waals surface area contributed by atoms with Gasteiger partial charge in [0.25, 0.3) is 5.91 Å².